The second kappa shape index (κ2) is 8.15. The summed E-state index contributed by atoms with van der Waals surface area (Å²) in [6, 6.07) is 13.7. The van der Waals surface area contributed by atoms with Crippen molar-refractivity contribution in [3.8, 4) is 0 Å². The van der Waals surface area contributed by atoms with E-state index < -0.39 is 11.7 Å². The quantitative estimate of drug-likeness (QED) is 0.442. The number of amides is 2. The zero-order valence-electron chi connectivity index (χ0n) is 14.9. The first-order valence-electron chi connectivity index (χ1n) is 8.02. The summed E-state index contributed by atoms with van der Waals surface area (Å²) < 4.78 is 5.09. The van der Waals surface area contributed by atoms with Gasteiger partial charge < -0.3 is 15.8 Å². The van der Waals surface area contributed by atoms with Crippen LogP contribution in [0.2, 0.25) is 0 Å². The summed E-state index contributed by atoms with van der Waals surface area (Å²) in [7, 11) is 0. The number of hydrogen-bond acceptors (Lipinski definition) is 5. The van der Waals surface area contributed by atoms with Crippen molar-refractivity contribution in [3.05, 3.63) is 54.1 Å². The van der Waals surface area contributed by atoms with E-state index in [9.17, 15) is 9.59 Å². The Morgan fingerprint density at radius 1 is 1.08 bits per heavy atom. The Balaban J connectivity index is 1.92. The van der Waals surface area contributed by atoms with Gasteiger partial charge in [-0.1, -0.05) is 12.1 Å². The Morgan fingerprint density at radius 3 is 2.35 bits per heavy atom. The van der Waals surface area contributed by atoms with Crippen LogP contribution in [-0.2, 0) is 4.74 Å². The van der Waals surface area contributed by atoms with Crippen molar-refractivity contribution in [2.24, 2.45) is 4.99 Å². The van der Waals surface area contributed by atoms with Crippen molar-refractivity contribution in [2.45, 2.75) is 26.4 Å². The van der Waals surface area contributed by atoms with Crippen LogP contribution in [0.5, 0.6) is 0 Å². The van der Waals surface area contributed by atoms with Crippen molar-refractivity contribution in [3.63, 3.8) is 0 Å². The zero-order valence-corrected chi connectivity index (χ0v) is 14.9. The number of ether oxygens (including phenoxy) is 1. The van der Waals surface area contributed by atoms with Crippen molar-refractivity contribution < 1.29 is 14.3 Å². The molecule has 0 aliphatic carbocycles. The van der Waals surface area contributed by atoms with E-state index in [1.54, 1.807) is 69.3 Å². The summed E-state index contributed by atoms with van der Waals surface area (Å²) in [5, 5.41) is 5.19. The minimum Gasteiger partial charge on any atom is -0.444 e. The third kappa shape index (κ3) is 5.94. The van der Waals surface area contributed by atoms with Crippen LogP contribution in [0, 0.1) is 0 Å². The van der Waals surface area contributed by atoms with Crippen LogP contribution in [0.25, 0.3) is 0 Å². The normalized spacial score (nSPS) is 11.2. The highest BCUT2D eigenvalue weighted by Gasteiger charge is 2.15. The van der Waals surface area contributed by atoms with Gasteiger partial charge in [0.05, 0.1) is 17.6 Å². The molecular formula is C19H22N4O3. The standard InChI is InChI=1S/C19H22N4O3/c1-19(2,3)26-18(25)22-12-21-13-8-10-14(11-9-13)23-17(24)15-6-4-5-7-16(15)20/h4-12H,20H2,1-3H3,(H,23,24)(H,21,22,25). The molecule has 0 saturated carbocycles. The second-order valence-electron chi connectivity index (χ2n) is 6.49. The van der Waals surface area contributed by atoms with Crippen LogP contribution in [0.15, 0.2) is 53.5 Å². The molecule has 0 aromatic heterocycles. The molecule has 7 nitrogen and oxygen atoms in total. The Bertz CT molecular complexity index is 808. The molecule has 2 aromatic rings. The molecule has 0 atom stereocenters. The Morgan fingerprint density at radius 2 is 1.73 bits per heavy atom. The number of para-hydroxylation sites is 1. The number of nitrogens with one attached hydrogen (secondary N) is 2. The Hall–Kier alpha value is -3.35. The fourth-order valence-corrected chi connectivity index (χ4v) is 2.00. The molecule has 0 unspecified atom stereocenters. The highest BCUT2D eigenvalue weighted by Crippen LogP contribution is 2.18. The van der Waals surface area contributed by atoms with Crippen LogP contribution < -0.4 is 16.4 Å². The number of carbonyl (C=O) groups is 2. The summed E-state index contributed by atoms with van der Waals surface area (Å²) in [4.78, 5) is 27.8. The van der Waals surface area contributed by atoms with Crippen LogP contribution in [0.4, 0.5) is 21.9 Å². The van der Waals surface area contributed by atoms with E-state index in [1.807, 2.05) is 0 Å². The highest BCUT2D eigenvalue weighted by molar-refractivity contribution is 6.07. The summed E-state index contributed by atoms with van der Waals surface area (Å²) in [5.74, 6) is -0.286. The summed E-state index contributed by atoms with van der Waals surface area (Å²) in [6.07, 6.45) is 0.678. The molecule has 0 aliphatic rings. The molecule has 2 aromatic carbocycles. The second-order valence-corrected chi connectivity index (χ2v) is 6.49. The molecule has 7 heteroatoms. The predicted molar refractivity (Wildman–Crippen MR) is 103 cm³/mol. The van der Waals surface area contributed by atoms with Gasteiger partial charge in [0.15, 0.2) is 0 Å². The molecule has 4 N–H and O–H groups in total. The minimum atomic E-state index is -0.578. The predicted octanol–water partition coefficient (Wildman–Crippen LogP) is 3.71. The fourth-order valence-electron chi connectivity index (χ4n) is 2.00. The summed E-state index contributed by atoms with van der Waals surface area (Å²) in [5.41, 5.74) is 7.27. The minimum absolute atomic E-state index is 0.286. The van der Waals surface area contributed by atoms with Crippen LogP contribution >= 0.6 is 0 Å². The molecule has 2 amide bonds. The van der Waals surface area contributed by atoms with Gasteiger partial charge in [-0.3, -0.25) is 10.1 Å². The number of carbonyl (C=O) groups excluding carboxylic acids is 2. The van der Waals surface area contributed by atoms with Crippen LogP contribution in [0.3, 0.4) is 0 Å². The van der Waals surface area contributed by atoms with Gasteiger partial charge in [0.25, 0.3) is 5.91 Å². The van der Waals surface area contributed by atoms with Gasteiger partial charge in [-0.25, -0.2) is 9.79 Å². The van der Waals surface area contributed by atoms with Gasteiger partial charge in [0.1, 0.15) is 5.60 Å². The monoisotopic (exact) mass is 354 g/mol. The maximum Gasteiger partial charge on any atom is 0.412 e. The number of aliphatic imine (C=N–C) groups is 1. The number of hydrogen-bond donors (Lipinski definition) is 3. The van der Waals surface area contributed by atoms with Gasteiger partial charge in [-0.2, -0.15) is 0 Å². The summed E-state index contributed by atoms with van der Waals surface area (Å²) >= 11 is 0. The third-order valence-corrected chi connectivity index (χ3v) is 3.13. The first-order chi connectivity index (χ1) is 12.2. The number of benzene rings is 2. The number of nitrogens with zero attached hydrogens (tertiary/aromatic N) is 1. The lowest BCUT2D eigenvalue weighted by Crippen LogP contribution is -2.31. The summed E-state index contributed by atoms with van der Waals surface area (Å²) in [6.45, 7) is 5.33. The largest absolute Gasteiger partial charge is 0.444 e. The van der Waals surface area contributed by atoms with Crippen LogP contribution in [0.1, 0.15) is 31.1 Å². The molecule has 0 aliphatic heterocycles. The molecule has 0 bridgehead atoms. The topological polar surface area (TPSA) is 106 Å². The van der Waals surface area contributed by atoms with Gasteiger partial charge in [-0.15, -0.1) is 0 Å². The maximum absolute atomic E-state index is 12.2. The Labute approximate surface area is 152 Å². The maximum atomic E-state index is 12.2. The highest BCUT2D eigenvalue weighted by atomic mass is 16.6. The lowest BCUT2D eigenvalue weighted by atomic mass is 10.1. The van der Waals surface area contributed by atoms with Crippen molar-refractivity contribution in [2.75, 3.05) is 11.1 Å². The first-order valence-corrected chi connectivity index (χ1v) is 8.02. The number of alkyl carbamates (subject to hydrolysis) is 1. The van der Waals surface area contributed by atoms with Crippen molar-refractivity contribution in [1.82, 2.24) is 5.32 Å². The van der Waals surface area contributed by atoms with E-state index >= 15 is 0 Å². The number of nitrogens with two attached hydrogens (primary N) is 1. The van der Waals surface area contributed by atoms with Gasteiger partial charge in [0, 0.05) is 11.4 Å². The van der Waals surface area contributed by atoms with Gasteiger partial charge in [0.2, 0.25) is 0 Å². The molecule has 26 heavy (non-hydrogen) atoms. The lowest BCUT2D eigenvalue weighted by Gasteiger charge is -2.18. The Kier molecular flexibility index (Phi) is 5.95. The molecule has 136 valence electrons. The van der Waals surface area contributed by atoms with Gasteiger partial charge in [-0.05, 0) is 57.2 Å². The smallest absolute Gasteiger partial charge is 0.412 e. The van der Waals surface area contributed by atoms with Gasteiger partial charge >= 0.3 is 6.09 Å². The average molecular weight is 354 g/mol. The molecule has 0 heterocycles. The zero-order chi connectivity index (χ0) is 19.2. The van der Waals surface area contributed by atoms with E-state index in [-0.39, 0.29) is 5.91 Å². The van der Waals surface area contributed by atoms with E-state index in [4.69, 9.17) is 10.5 Å². The van der Waals surface area contributed by atoms with Crippen molar-refractivity contribution in [1.29, 1.82) is 0 Å². The molecule has 2 rings (SSSR count). The first kappa shape index (κ1) is 19.0. The number of anilines is 2. The molecule has 0 spiro atoms. The molecule has 0 fully saturated rings. The van der Waals surface area contributed by atoms with E-state index in [0.29, 0.717) is 22.6 Å². The van der Waals surface area contributed by atoms with E-state index in [2.05, 4.69) is 15.6 Å². The number of nitrogen functional groups attached to an aromatic ring is 1. The molecule has 0 radical (unpaired) electrons. The third-order valence-electron chi connectivity index (χ3n) is 3.13. The molecular weight excluding hydrogens is 332 g/mol. The average Bonchev–Trinajstić information content (AvgIpc) is 2.55. The van der Waals surface area contributed by atoms with E-state index in [1.165, 1.54) is 6.34 Å². The van der Waals surface area contributed by atoms with E-state index in [0.717, 1.165) is 0 Å². The molecule has 0 saturated heterocycles. The van der Waals surface area contributed by atoms with Crippen LogP contribution in [-0.4, -0.2) is 23.9 Å². The number of rotatable bonds is 4. The SMILES string of the molecule is CC(C)(C)OC(=O)NC=Nc1ccc(NC(=O)c2ccccc2N)cc1. The van der Waals surface area contributed by atoms with Crippen molar-refractivity contribution >= 4 is 35.4 Å². The lowest BCUT2D eigenvalue weighted by molar-refractivity contribution is 0.0565. The fraction of sp³-hybridized carbons (Fsp3) is 0.211.